The molecule has 4 rings (SSSR count). The van der Waals surface area contributed by atoms with Crippen molar-refractivity contribution in [3.05, 3.63) is 11.6 Å². The SMILES string of the molecule is O=C(C=C(C1CCCCC1)C1CCCCC1)N[C@@]1(O)CO[C@@H]2[C@H](O)CO[C@@H]21. The quantitative estimate of drug-likeness (QED) is 0.514. The molecular weight excluding hydrogens is 346 g/mol. The zero-order chi connectivity index (χ0) is 18.9. The fourth-order valence-electron chi connectivity index (χ4n) is 5.46. The number of hydrogen-bond donors (Lipinski definition) is 3. The van der Waals surface area contributed by atoms with Crippen LogP contribution in [0, 0.1) is 11.8 Å². The topological polar surface area (TPSA) is 88.0 Å². The maximum atomic E-state index is 12.8. The average molecular weight is 379 g/mol. The van der Waals surface area contributed by atoms with Gasteiger partial charge in [0.1, 0.15) is 18.3 Å². The summed E-state index contributed by atoms with van der Waals surface area (Å²) < 4.78 is 11.0. The van der Waals surface area contributed by atoms with E-state index >= 15 is 0 Å². The molecule has 1 amide bonds. The van der Waals surface area contributed by atoms with Crippen molar-refractivity contribution in [3.63, 3.8) is 0 Å². The fraction of sp³-hybridized carbons (Fsp3) is 0.857. The Kier molecular flexibility index (Phi) is 5.88. The molecule has 152 valence electrons. The van der Waals surface area contributed by atoms with Gasteiger partial charge in [-0.3, -0.25) is 4.79 Å². The molecule has 2 heterocycles. The highest BCUT2D eigenvalue weighted by Crippen LogP contribution is 2.39. The molecule has 0 aromatic heterocycles. The number of amides is 1. The van der Waals surface area contributed by atoms with Crippen molar-refractivity contribution in [3.8, 4) is 0 Å². The molecule has 2 saturated carbocycles. The van der Waals surface area contributed by atoms with Gasteiger partial charge in [-0.15, -0.1) is 0 Å². The Hall–Kier alpha value is -0.950. The largest absolute Gasteiger partial charge is 0.388 e. The summed E-state index contributed by atoms with van der Waals surface area (Å²) >= 11 is 0. The first-order chi connectivity index (χ1) is 13.1. The van der Waals surface area contributed by atoms with Gasteiger partial charge in [0.05, 0.1) is 13.2 Å². The first-order valence-corrected chi connectivity index (χ1v) is 10.7. The Balaban J connectivity index is 1.48. The summed E-state index contributed by atoms with van der Waals surface area (Å²) in [4.78, 5) is 12.8. The van der Waals surface area contributed by atoms with Gasteiger partial charge in [0.25, 0.3) is 0 Å². The van der Waals surface area contributed by atoms with Crippen LogP contribution in [-0.2, 0) is 14.3 Å². The van der Waals surface area contributed by atoms with E-state index in [9.17, 15) is 15.0 Å². The maximum Gasteiger partial charge on any atom is 0.246 e. The zero-order valence-corrected chi connectivity index (χ0v) is 16.1. The van der Waals surface area contributed by atoms with Gasteiger partial charge in [0, 0.05) is 6.08 Å². The van der Waals surface area contributed by atoms with Crippen LogP contribution in [0.1, 0.15) is 64.2 Å². The summed E-state index contributed by atoms with van der Waals surface area (Å²) in [5.74, 6) is 0.733. The number of aliphatic hydroxyl groups is 2. The first kappa shape index (κ1) is 19.4. The summed E-state index contributed by atoms with van der Waals surface area (Å²) in [7, 11) is 0. The van der Waals surface area contributed by atoms with Crippen LogP contribution >= 0.6 is 0 Å². The van der Waals surface area contributed by atoms with Crippen molar-refractivity contribution in [1.82, 2.24) is 5.32 Å². The molecule has 0 bridgehead atoms. The predicted molar refractivity (Wildman–Crippen MR) is 99.8 cm³/mol. The summed E-state index contributed by atoms with van der Waals surface area (Å²) in [6.45, 7) is 0.0694. The molecule has 27 heavy (non-hydrogen) atoms. The van der Waals surface area contributed by atoms with Gasteiger partial charge in [0.15, 0.2) is 5.72 Å². The van der Waals surface area contributed by atoms with E-state index in [-0.39, 0.29) is 19.1 Å². The van der Waals surface area contributed by atoms with Crippen molar-refractivity contribution >= 4 is 5.91 Å². The minimum absolute atomic E-state index is 0.0544. The molecule has 6 nitrogen and oxygen atoms in total. The predicted octanol–water partition coefficient (Wildman–Crippen LogP) is 2.04. The van der Waals surface area contributed by atoms with E-state index in [1.807, 2.05) is 0 Å². The van der Waals surface area contributed by atoms with Crippen LogP contribution in [0.25, 0.3) is 0 Å². The molecule has 2 saturated heterocycles. The van der Waals surface area contributed by atoms with Crippen molar-refractivity contribution in [2.75, 3.05) is 13.2 Å². The van der Waals surface area contributed by atoms with Crippen LogP contribution < -0.4 is 5.32 Å². The number of hydrogen-bond acceptors (Lipinski definition) is 5. The molecular formula is C21H33NO5. The highest BCUT2D eigenvalue weighted by molar-refractivity contribution is 5.89. The lowest BCUT2D eigenvalue weighted by Crippen LogP contribution is -2.57. The Morgan fingerprint density at radius 2 is 1.56 bits per heavy atom. The van der Waals surface area contributed by atoms with Crippen LogP contribution in [0.2, 0.25) is 0 Å². The number of aliphatic hydroxyl groups excluding tert-OH is 1. The molecule has 6 heteroatoms. The van der Waals surface area contributed by atoms with E-state index in [1.165, 1.54) is 69.8 Å². The third-order valence-corrected chi connectivity index (χ3v) is 6.88. The van der Waals surface area contributed by atoms with Gasteiger partial charge in [-0.25, -0.2) is 0 Å². The van der Waals surface area contributed by atoms with Crippen molar-refractivity contribution in [2.45, 2.75) is 88.2 Å². The molecule has 0 aromatic carbocycles. The van der Waals surface area contributed by atoms with Crippen molar-refractivity contribution in [1.29, 1.82) is 0 Å². The number of rotatable bonds is 4. The second-order valence-corrected chi connectivity index (χ2v) is 8.82. The summed E-state index contributed by atoms with van der Waals surface area (Å²) in [6, 6.07) is 0. The molecule has 4 atom stereocenters. The van der Waals surface area contributed by atoms with E-state index in [0.29, 0.717) is 11.8 Å². The van der Waals surface area contributed by atoms with Crippen LogP contribution in [0.4, 0.5) is 0 Å². The smallest absolute Gasteiger partial charge is 0.246 e. The van der Waals surface area contributed by atoms with Crippen LogP contribution in [0.15, 0.2) is 11.6 Å². The number of carbonyl (C=O) groups excluding carboxylic acids is 1. The summed E-state index contributed by atoms with van der Waals surface area (Å²) in [6.07, 6.45) is 12.0. The molecule has 2 aliphatic heterocycles. The minimum atomic E-state index is -1.57. The third kappa shape index (κ3) is 4.09. The van der Waals surface area contributed by atoms with Crippen LogP contribution in [0.3, 0.4) is 0 Å². The van der Waals surface area contributed by atoms with Gasteiger partial charge in [0.2, 0.25) is 5.91 Å². The van der Waals surface area contributed by atoms with E-state index in [1.54, 1.807) is 6.08 Å². The first-order valence-electron chi connectivity index (χ1n) is 10.7. The van der Waals surface area contributed by atoms with Gasteiger partial charge in [-0.1, -0.05) is 44.1 Å². The van der Waals surface area contributed by atoms with Crippen LogP contribution in [0.5, 0.6) is 0 Å². The molecule has 0 radical (unpaired) electrons. The lowest BCUT2D eigenvalue weighted by atomic mass is 9.73. The number of fused-ring (bicyclic) bond motifs is 1. The minimum Gasteiger partial charge on any atom is -0.388 e. The Morgan fingerprint density at radius 1 is 0.963 bits per heavy atom. The molecule has 0 unspecified atom stereocenters. The summed E-state index contributed by atoms with van der Waals surface area (Å²) in [5, 5.41) is 23.5. The monoisotopic (exact) mass is 379 g/mol. The van der Waals surface area contributed by atoms with Crippen LogP contribution in [-0.4, -0.2) is 53.4 Å². The van der Waals surface area contributed by atoms with Crippen molar-refractivity contribution in [2.24, 2.45) is 11.8 Å². The van der Waals surface area contributed by atoms with Gasteiger partial charge in [-0.2, -0.15) is 0 Å². The summed E-state index contributed by atoms with van der Waals surface area (Å²) in [5.41, 5.74) is -0.279. The molecule has 4 fully saturated rings. The average Bonchev–Trinajstić information content (AvgIpc) is 3.22. The maximum absolute atomic E-state index is 12.8. The molecule has 2 aliphatic carbocycles. The molecule has 0 aromatic rings. The van der Waals surface area contributed by atoms with Crippen molar-refractivity contribution < 1.29 is 24.5 Å². The highest BCUT2D eigenvalue weighted by Gasteiger charge is 2.56. The number of nitrogens with one attached hydrogen (secondary N) is 1. The molecule has 0 spiro atoms. The highest BCUT2D eigenvalue weighted by atomic mass is 16.6. The zero-order valence-electron chi connectivity index (χ0n) is 16.1. The van der Waals surface area contributed by atoms with Gasteiger partial charge < -0.3 is 25.0 Å². The third-order valence-electron chi connectivity index (χ3n) is 6.88. The lowest BCUT2D eigenvalue weighted by molar-refractivity contribution is -0.133. The van der Waals surface area contributed by atoms with E-state index in [2.05, 4.69) is 5.32 Å². The normalized spacial score (nSPS) is 37.8. The lowest BCUT2D eigenvalue weighted by Gasteiger charge is -2.33. The second kappa shape index (κ2) is 8.19. The van der Waals surface area contributed by atoms with Gasteiger partial charge >= 0.3 is 0 Å². The number of ether oxygens (including phenoxy) is 2. The van der Waals surface area contributed by atoms with E-state index in [0.717, 1.165) is 0 Å². The Morgan fingerprint density at radius 3 is 2.15 bits per heavy atom. The Labute approximate surface area is 161 Å². The fourth-order valence-corrected chi connectivity index (χ4v) is 5.46. The number of allylic oxidation sites excluding steroid dienone is 1. The van der Waals surface area contributed by atoms with Gasteiger partial charge in [-0.05, 0) is 37.5 Å². The number of carbonyl (C=O) groups is 1. The molecule has 3 N–H and O–H groups in total. The van der Waals surface area contributed by atoms with E-state index in [4.69, 9.17) is 9.47 Å². The second-order valence-electron chi connectivity index (χ2n) is 8.82. The van der Waals surface area contributed by atoms with E-state index < -0.39 is 24.0 Å². The standard InChI is InChI=1S/C21H33NO5/c23-17-12-26-20-19(17)27-13-21(20,25)22-18(24)11-16(14-7-3-1-4-8-14)15-9-5-2-6-10-15/h11,14-15,17,19-20,23,25H,1-10,12-13H2,(H,22,24)/t17-,19-,20+,21-/m1/s1. The molecule has 4 aliphatic rings. The Bertz CT molecular complexity index is 547.